The summed E-state index contributed by atoms with van der Waals surface area (Å²) in [6.45, 7) is 2.23. The third-order valence-corrected chi connectivity index (χ3v) is 2.63. The minimum absolute atomic E-state index is 0.645. The number of carbonyl (C=O) groups is 1. The van der Waals surface area contributed by atoms with Gasteiger partial charge in [-0.1, -0.05) is 31.2 Å². The molecule has 12 heavy (non-hydrogen) atoms. The fourth-order valence-electron chi connectivity index (χ4n) is 1.71. The van der Waals surface area contributed by atoms with Gasteiger partial charge in [-0.3, -0.25) is 4.79 Å². The number of aldehydes is 1. The van der Waals surface area contributed by atoms with Gasteiger partial charge in [0.15, 0.2) is 0 Å². The second-order valence-electron chi connectivity index (χ2n) is 3.57. The highest BCUT2D eigenvalue weighted by Gasteiger charge is 2.35. The van der Waals surface area contributed by atoms with E-state index in [4.69, 9.17) is 0 Å². The average Bonchev–Trinajstić information content (AvgIpc) is 2.83. The van der Waals surface area contributed by atoms with Gasteiger partial charge in [0.1, 0.15) is 6.29 Å². The molecule has 0 radical (unpaired) electrons. The zero-order valence-electron chi connectivity index (χ0n) is 7.16. The molecule has 0 saturated heterocycles. The van der Waals surface area contributed by atoms with Gasteiger partial charge >= 0.3 is 0 Å². The molecule has 1 aliphatic rings. The van der Waals surface area contributed by atoms with Crippen LogP contribution in [0.15, 0.2) is 24.3 Å². The Morgan fingerprint density at radius 2 is 2.08 bits per heavy atom. The van der Waals surface area contributed by atoms with Crippen LogP contribution in [0, 0.1) is 5.92 Å². The molecular weight excluding hydrogens is 148 g/mol. The zero-order chi connectivity index (χ0) is 8.55. The lowest BCUT2D eigenvalue weighted by molar-refractivity contribution is 0.112. The van der Waals surface area contributed by atoms with Crippen LogP contribution in [0.4, 0.5) is 0 Å². The second-order valence-corrected chi connectivity index (χ2v) is 3.57. The van der Waals surface area contributed by atoms with Crippen LogP contribution in [0.1, 0.15) is 35.2 Å². The predicted octanol–water partition coefficient (Wildman–Crippen LogP) is 2.62. The topological polar surface area (TPSA) is 17.1 Å². The summed E-state index contributed by atoms with van der Waals surface area (Å²) in [5.41, 5.74) is 2.10. The van der Waals surface area contributed by atoms with Gasteiger partial charge in [-0.05, 0) is 23.8 Å². The van der Waals surface area contributed by atoms with E-state index in [2.05, 4.69) is 13.0 Å². The molecule has 1 heteroatoms. The van der Waals surface area contributed by atoms with Gasteiger partial charge in [-0.15, -0.1) is 0 Å². The highest BCUT2D eigenvalue weighted by molar-refractivity contribution is 5.77. The maximum atomic E-state index is 10.7. The predicted molar refractivity (Wildman–Crippen MR) is 48.4 cm³/mol. The van der Waals surface area contributed by atoms with Gasteiger partial charge in [0.2, 0.25) is 0 Å². The quantitative estimate of drug-likeness (QED) is 0.608. The minimum Gasteiger partial charge on any atom is -0.298 e. The van der Waals surface area contributed by atoms with E-state index in [-0.39, 0.29) is 0 Å². The molecule has 0 heterocycles. The summed E-state index contributed by atoms with van der Waals surface area (Å²) in [4.78, 5) is 10.7. The smallest absolute Gasteiger partial charge is 0.150 e. The van der Waals surface area contributed by atoms with Gasteiger partial charge in [0.05, 0.1) is 0 Å². The van der Waals surface area contributed by atoms with Crippen molar-refractivity contribution >= 4 is 6.29 Å². The van der Waals surface area contributed by atoms with Crippen molar-refractivity contribution < 1.29 is 4.79 Å². The summed E-state index contributed by atoms with van der Waals surface area (Å²) in [5, 5.41) is 0. The summed E-state index contributed by atoms with van der Waals surface area (Å²) >= 11 is 0. The molecule has 0 aliphatic heterocycles. The third kappa shape index (κ3) is 1.15. The molecule has 0 unspecified atom stereocenters. The summed E-state index contributed by atoms with van der Waals surface area (Å²) < 4.78 is 0. The summed E-state index contributed by atoms with van der Waals surface area (Å²) in [7, 11) is 0. The maximum absolute atomic E-state index is 10.7. The molecule has 0 spiro atoms. The van der Waals surface area contributed by atoms with E-state index in [1.54, 1.807) is 0 Å². The lowest BCUT2D eigenvalue weighted by Crippen LogP contribution is -1.89. The first-order valence-corrected chi connectivity index (χ1v) is 4.37. The number of benzene rings is 1. The number of hydrogen-bond donors (Lipinski definition) is 0. The van der Waals surface area contributed by atoms with E-state index in [1.165, 1.54) is 12.0 Å². The first kappa shape index (κ1) is 7.53. The Hall–Kier alpha value is -1.11. The Morgan fingerprint density at radius 1 is 1.42 bits per heavy atom. The van der Waals surface area contributed by atoms with Crippen molar-refractivity contribution in [2.75, 3.05) is 0 Å². The Morgan fingerprint density at radius 3 is 2.67 bits per heavy atom. The van der Waals surface area contributed by atoms with E-state index in [9.17, 15) is 4.79 Å². The SMILES string of the molecule is C[C@@H]1C[C@H]1c1ccccc1C=O. The normalized spacial score (nSPS) is 26.8. The number of hydrogen-bond acceptors (Lipinski definition) is 1. The Balaban J connectivity index is 2.35. The Bertz CT molecular complexity index is 304. The van der Waals surface area contributed by atoms with Crippen molar-refractivity contribution in [2.45, 2.75) is 19.3 Å². The molecule has 62 valence electrons. The molecule has 1 nitrogen and oxygen atoms in total. The molecule has 2 rings (SSSR count). The van der Waals surface area contributed by atoms with Crippen molar-refractivity contribution in [1.82, 2.24) is 0 Å². The standard InChI is InChI=1S/C11H12O/c1-8-6-11(8)10-5-3-2-4-9(10)7-12/h2-5,7-8,11H,6H2,1H3/t8-,11-/m1/s1. The Kier molecular flexibility index (Phi) is 1.72. The lowest BCUT2D eigenvalue weighted by atomic mass is 10.0. The van der Waals surface area contributed by atoms with Crippen LogP contribution >= 0.6 is 0 Å². The van der Waals surface area contributed by atoms with Crippen LogP contribution in [0.25, 0.3) is 0 Å². The van der Waals surface area contributed by atoms with Crippen molar-refractivity contribution in [3.63, 3.8) is 0 Å². The van der Waals surface area contributed by atoms with Gasteiger partial charge in [0.25, 0.3) is 0 Å². The van der Waals surface area contributed by atoms with Gasteiger partial charge in [-0.25, -0.2) is 0 Å². The summed E-state index contributed by atoms with van der Waals surface area (Å²) in [6, 6.07) is 7.89. The van der Waals surface area contributed by atoms with Crippen LogP contribution in [0.2, 0.25) is 0 Å². The number of carbonyl (C=O) groups excluding carboxylic acids is 1. The van der Waals surface area contributed by atoms with Crippen molar-refractivity contribution in [1.29, 1.82) is 0 Å². The highest BCUT2D eigenvalue weighted by Crippen LogP contribution is 2.47. The molecule has 1 aliphatic carbocycles. The fraction of sp³-hybridized carbons (Fsp3) is 0.364. The molecule has 1 aromatic rings. The molecular formula is C11H12O. The van der Waals surface area contributed by atoms with E-state index in [0.29, 0.717) is 5.92 Å². The van der Waals surface area contributed by atoms with Crippen LogP contribution < -0.4 is 0 Å². The molecule has 1 fully saturated rings. The van der Waals surface area contributed by atoms with Crippen LogP contribution in [0.3, 0.4) is 0 Å². The van der Waals surface area contributed by atoms with Crippen molar-refractivity contribution in [2.24, 2.45) is 5.92 Å². The molecule has 0 aromatic heterocycles. The van der Waals surface area contributed by atoms with Gasteiger partial charge < -0.3 is 0 Å². The van der Waals surface area contributed by atoms with Crippen LogP contribution in [-0.2, 0) is 0 Å². The summed E-state index contributed by atoms with van der Waals surface area (Å²) in [5.74, 6) is 1.41. The largest absolute Gasteiger partial charge is 0.298 e. The van der Waals surface area contributed by atoms with Gasteiger partial charge in [0, 0.05) is 5.56 Å². The monoisotopic (exact) mass is 160 g/mol. The average molecular weight is 160 g/mol. The molecule has 2 atom stereocenters. The van der Waals surface area contributed by atoms with Crippen molar-refractivity contribution in [3.05, 3.63) is 35.4 Å². The first-order valence-electron chi connectivity index (χ1n) is 4.37. The molecule has 1 aromatic carbocycles. The molecule has 0 N–H and O–H groups in total. The van der Waals surface area contributed by atoms with Crippen molar-refractivity contribution in [3.8, 4) is 0 Å². The Labute approximate surface area is 72.4 Å². The number of rotatable bonds is 2. The minimum atomic E-state index is 0.645. The fourth-order valence-corrected chi connectivity index (χ4v) is 1.71. The van der Waals surface area contributed by atoms with E-state index in [0.717, 1.165) is 17.8 Å². The third-order valence-electron chi connectivity index (χ3n) is 2.63. The highest BCUT2D eigenvalue weighted by atomic mass is 16.1. The van der Waals surface area contributed by atoms with Gasteiger partial charge in [-0.2, -0.15) is 0 Å². The summed E-state index contributed by atoms with van der Waals surface area (Å²) in [6.07, 6.45) is 2.20. The van der Waals surface area contributed by atoms with E-state index < -0.39 is 0 Å². The maximum Gasteiger partial charge on any atom is 0.150 e. The zero-order valence-corrected chi connectivity index (χ0v) is 7.16. The second kappa shape index (κ2) is 2.74. The van der Waals surface area contributed by atoms with E-state index >= 15 is 0 Å². The molecule has 0 bridgehead atoms. The van der Waals surface area contributed by atoms with E-state index in [1.807, 2.05) is 18.2 Å². The molecule has 1 saturated carbocycles. The van der Waals surface area contributed by atoms with Crippen LogP contribution in [-0.4, -0.2) is 6.29 Å². The lowest BCUT2D eigenvalue weighted by Gasteiger charge is -2.00. The molecule has 0 amide bonds. The van der Waals surface area contributed by atoms with Crippen LogP contribution in [0.5, 0.6) is 0 Å². The first-order chi connectivity index (χ1) is 5.83.